The molecule has 4 rings (SSSR count). The Bertz CT molecular complexity index is 1760. The molecule has 0 fully saturated rings. The van der Waals surface area contributed by atoms with E-state index in [1.165, 1.54) is 35.2 Å². The van der Waals surface area contributed by atoms with Gasteiger partial charge in [0.2, 0.25) is 11.8 Å². The predicted octanol–water partition coefficient (Wildman–Crippen LogP) is 7.66. The van der Waals surface area contributed by atoms with E-state index >= 15 is 0 Å². The molecule has 1 N–H and O–H groups in total. The van der Waals surface area contributed by atoms with Crippen LogP contribution in [-0.4, -0.2) is 43.8 Å². The number of sulfonamides is 1. The van der Waals surface area contributed by atoms with Gasteiger partial charge in [0, 0.05) is 29.1 Å². The zero-order valence-electron chi connectivity index (χ0n) is 24.5. The van der Waals surface area contributed by atoms with Crippen molar-refractivity contribution in [3.8, 4) is 0 Å². The predicted molar refractivity (Wildman–Crippen MR) is 182 cm³/mol. The van der Waals surface area contributed by atoms with E-state index in [4.69, 9.17) is 46.4 Å². The van der Waals surface area contributed by atoms with Crippen molar-refractivity contribution in [1.29, 1.82) is 0 Å². The average molecular weight is 708 g/mol. The SMILES string of the molecule is CC(C)NC(=O)[C@@H](Cc1ccccc1)N(Cc1ccc(Cl)cc1Cl)C(=O)CN(c1ccc(Cl)c(Cl)c1)S(=O)(=O)c1ccccc1. The third-order valence-corrected chi connectivity index (χ3v) is 9.97. The lowest BCUT2D eigenvalue weighted by molar-refractivity contribution is -0.140. The van der Waals surface area contributed by atoms with Gasteiger partial charge in [0.25, 0.3) is 10.0 Å². The summed E-state index contributed by atoms with van der Waals surface area (Å²) in [4.78, 5) is 29.6. The van der Waals surface area contributed by atoms with Gasteiger partial charge in [-0.3, -0.25) is 13.9 Å². The van der Waals surface area contributed by atoms with E-state index < -0.39 is 34.4 Å². The minimum Gasteiger partial charge on any atom is -0.352 e. The lowest BCUT2D eigenvalue weighted by Gasteiger charge is -2.34. The van der Waals surface area contributed by atoms with Gasteiger partial charge < -0.3 is 10.2 Å². The maximum Gasteiger partial charge on any atom is 0.264 e. The summed E-state index contributed by atoms with van der Waals surface area (Å²) in [5.74, 6) is -1.05. The van der Waals surface area contributed by atoms with Crippen LogP contribution >= 0.6 is 46.4 Å². The third kappa shape index (κ3) is 8.93. The van der Waals surface area contributed by atoms with Crippen LogP contribution in [0.2, 0.25) is 20.1 Å². The number of hydrogen-bond acceptors (Lipinski definition) is 4. The number of nitrogens with zero attached hydrogens (tertiary/aromatic N) is 2. The molecule has 0 bridgehead atoms. The van der Waals surface area contributed by atoms with Gasteiger partial charge in [0.05, 0.1) is 20.6 Å². The van der Waals surface area contributed by atoms with Gasteiger partial charge >= 0.3 is 0 Å². The number of rotatable bonds is 12. The van der Waals surface area contributed by atoms with Crippen molar-refractivity contribution >= 4 is 73.9 Å². The zero-order chi connectivity index (χ0) is 32.7. The molecule has 4 aromatic carbocycles. The van der Waals surface area contributed by atoms with Gasteiger partial charge in [0.1, 0.15) is 12.6 Å². The Kier molecular flexibility index (Phi) is 11.8. The molecule has 236 valence electrons. The Hall–Kier alpha value is -3.27. The van der Waals surface area contributed by atoms with E-state index in [0.717, 1.165) is 9.87 Å². The van der Waals surface area contributed by atoms with E-state index in [0.29, 0.717) is 15.6 Å². The van der Waals surface area contributed by atoms with Gasteiger partial charge in [0.15, 0.2) is 0 Å². The van der Waals surface area contributed by atoms with Crippen LogP contribution < -0.4 is 9.62 Å². The second-order valence-corrected chi connectivity index (χ2v) is 14.1. The summed E-state index contributed by atoms with van der Waals surface area (Å²) in [5, 5.41) is 3.94. The second kappa shape index (κ2) is 15.3. The molecule has 0 aliphatic heterocycles. The van der Waals surface area contributed by atoms with Crippen LogP contribution in [0.15, 0.2) is 102 Å². The van der Waals surface area contributed by atoms with Crippen molar-refractivity contribution in [3.05, 3.63) is 128 Å². The summed E-state index contributed by atoms with van der Waals surface area (Å²) >= 11 is 25.1. The van der Waals surface area contributed by atoms with Crippen molar-refractivity contribution in [3.63, 3.8) is 0 Å². The van der Waals surface area contributed by atoms with Gasteiger partial charge in [-0.15, -0.1) is 0 Å². The topological polar surface area (TPSA) is 86.8 Å². The Morgan fingerprint density at radius 2 is 1.42 bits per heavy atom. The first-order valence-corrected chi connectivity index (χ1v) is 16.9. The summed E-state index contributed by atoms with van der Waals surface area (Å²) in [6.07, 6.45) is 0.161. The maximum absolute atomic E-state index is 14.5. The summed E-state index contributed by atoms with van der Waals surface area (Å²) < 4.78 is 29.0. The Balaban J connectivity index is 1.84. The van der Waals surface area contributed by atoms with E-state index in [1.54, 1.807) is 36.4 Å². The average Bonchev–Trinajstić information content (AvgIpc) is 3.00. The molecule has 0 aromatic heterocycles. The monoisotopic (exact) mass is 705 g/mol. The normalized spacial score (nSPS) is 12.1. The van der Waals surface area contributed by atoms with E-state index in [2.05, 4.69) is 5.32 Å². The van der Waals surface area contributed by atoms with Crippen LogP contribution in [0, 0.1) is 0 Å². The molecule has 4 aromatic rings. The third-order valence-electron chi connectivity index (χ3n) is 6.86. The molecule has 0 aliphatic carbocycles. The first kappa shape index (κ1) is 34.6. The Labute approximate surface area is 283 Å². The van der Waals surface area contributed by atoms with Crippen molar-refractivity contribution in [1.82, 2.24) is 10.2 Å². The second-order valence-electron chi connectivity index (χ2n) is 10.5. The molecule has 45 heavy (non-hydrogen) atoms. The van der Waals surface area contributed by atoms with Crippen LogP contribution in [0.5, 0.6) is 0 Å². The van der Waals surface area contributed by atoms with Gasteiger partial charge in [-0.2, -0.15) is 0 Å². The smallest absolute Gasteiger partial charge is 0.264 e. The fourth-order valence-electron chi connectivity index (χ4n) is 4.66. The van der Waals surface area contributed by atoms with Gasteiger partial charge in [-0.05, 0) is 67.4 Å². The number of nitrogens with one attached hydrogen (secondary N) is 1. The maximum atomic E-state index is 14.5. The van der Waals surface area contributed by atoms with Crippen LogP contribution in [0.3, 0.4) is 0 Å². The zero-order valence-corrected chi connectivity index (χ0v) is 28.3. The minimum absolute atomic E-state index is 0.0328. The highest BCUT2D eigenvalue weighted by Gasteiger charge is 2.35. The molecule has 0 saturated heterocycles. The summed E-state index contributed by atoms with van der Waals surface area (Å²) in [7, 11) is -4.28. The fourth-order valence-corrected chi connectivity index (χ4v) is 6.84. The number of carbonyl (C=O) groups is 2. The first-order chi connectivity index (χ1) is 21.4. The largest absolute Gasteiger partial charge is 0.352 e. The highest BCUT2D eigenvalue weighted by Crippen LogP contribution is 2.31. The molecule has 2 amide bonds. The number of amides is 2. The van der Waals surface area contributed by atoms with Crippen LogP contribution in [0.1, 0.15) is 25.0 Å². The van der Waals surface area contributed by atoms with Crippen molar-refractivity contribution in [2.45, 2.75) is 43.8 Å². The summed E-state index contributed by atoms with van der Waals surface area (Å²) in [6, 6.07) is 24.9. The van der Waals surface area contributed by atoms with E-state index in [1.807, 2.05) is 44.2 Å². The lowest BCUT2D eigenvalue weighted by Crippen LogP contribution is -2.54. The Morgan fingerprint density at radius 3 is 2.02 bits per heavy atom. The molecule has 0 aliphatic rings. The van der Waals surface area contributed by atoms with Gasteiger partial charge in [-0.1, -0.05) is 101 Å². The summed E-state index contributed by atoms with van der Waals surface area (Å²) in [5.41, 5.74) is 1.45. The number of halogens is 4. The molecule has 7 nitrogen and oxygen atoms in total. The molecule has 0 radical (unpaired) electrons. The van der Waals surface area contributed by atoms with Crippen LogP contribution in [0.4, 0.5) is 5.69 Å². The van der Waals surface area contributed by atoms with Crippen LogP contribution in [-0.2, 0) is 32.6 Å². The van der Waals surface area contributed by atoms with Crippen molar-refractivity contribution < 1.29 is 18.0 Å². The lowest BCUT2D eigenvalue weighted by atomic mass is 10.0. The van der Waals surface area contributed by atoms with Crippen molar-refractivity contribution in [2.24, 2.45) is 0 Å². The molecular weight excluding hydrogens is 676 g/mol. The molecule has 0 heterocycles. The number of hydrogen-bond donors (Lipinski definition) is 1. The first-order valence-electron chi connectivity index (χ1n) is 14.0. The highest BCUT2D eigenvalue weighted by molar-refractivity contribution is 7.92. The number of benzene rings is 4. The van der Waals surface area contributed by atoms with E-state index in [-0.39, 0.29) is 39.6 Å². The Morgan fingerprint density at radius 1 is 0.778 bits per heavy atom. The number of carbonyl (C=O) groups excluding carboxylic acids is 2. The fraction of sp³-hybridized carbons (Fsp3) is 0.212. The highest BCUT2D eigenvalue weighted by atomic mass is 35.5. The molecule has 1 atom stereocenters. The standard InChI is InChI=1S/C33H31Cl4N3O4S/c1-22(2)38-33(42)31(17-23-9-5-3-6-10-23)39(20-24-13-14-25(34)18-29(24)36)32(41)21-40(26-15-16-28(35)30(37)19-26)45(43,44)27-11-7-4-8-12-27/h3-16,18-19,22,31H,17,20-21H2,1-2H3,(H,38,42)/t31-/m1/s1. The van der Waals surface area contributed by atoms with Gasteiger partial charge in [-0.25, -0.2) is 8.42 Å². The minimum atomic E-state index is -4.28. The number of anilines is 1. The molecule has 12 heteroatoms. The van der Waals surface area contributed by atoms with Crippen molar-refractivity contribution in [2.75, 3.05) is 10.8 Å². The summed E-state index contributed by atoms with van der Waals surface area (Å²) in [6.45, 7) is 2.88. The molecular formula is C33H31Cl4N3O4S. The molecule has 0 spiro atoms. The van der Waals surface area contributed by atoms with E-state index in [9.17, 15) is 18.0 Å². The molecule has 0 unspecified atom stereocenters. The van der Waals surface area contributed by atoms with Crippen LogP contribution in [0.25, 0.3) is 0 Å². The molecule has 0 saturated carbocycles. The quantitative estimate of drug-likeness (QED) is 0.164.